The minimum atomic E-state index is -2.99. The number of halogens is 2. The number of nitrogens with zero attached hydrogens (tertiary/aromatic N) is 2. The van der Waals surface area contributed by atoms with Gasteiger partial charge in [0.05, 0.1) is 12.6 Å². The Morgan fingerprint density at radius 2 is 2.00 bits per heavy atom. The number of carbonyl (C=O) groups excluding carboxylic acids is 2. The predicted octanol–water partition coefficient (Wildman–Crippen LogP) is 4.60. The maximum absolute atomic E-state index is 12.9. The molecule has 36 heavy (non-hydrogen) atoms. The van der Waals surface area contributed by atoms with Crippen molar-refractivity contribution in [2.24, 2.45) is 5.92 Å². The maximum Gasteiger partial charge on any atom is 0.408 e. The van der Waals surface area contributed by atoms with Crippen molar-refractivity contribution >= 4 is 12.5 Å². The summed E-state index contributed by atoms with van der Waals surface area (Å²) < 4.78 is 47.9. The van der Waals surface area contributed by atoms with Crippen LogP contribution in [0.3, 0.4) is 0 Å². The Hall–Kier alpha value is -3.24. The van der Waals surface area contributed by atoms with Gasteiger partial charge in [-0.2, -0.15) is 8.78 Å². The number of hydrogen-bond donors (Lipinski definition) is 1. The summed E-state index contributed by atoms with van der Waals surface area (Å²) in [7, 11) is 1.74. The lowest BCUT2D eigenvalue weighted by atomic mass is 10.1. The Kier molecular flexibility index (Phi) is 8.52. The molecular formula is C25H35F2N3O6. The van der Waals surface area contributed by atoms with Crippen molar-refractivity contribution in [2.75, 3.05) is 20.2 Å². The molecule has 1 aliphatic carbocycles. The van der Waals surface area contributed by atoms with Crippen LogP contribution in [-0.2, 0) is 14.3 Å². The molecule has 200 valence electrons. The molecule has 0 bridgehead atoms. The van der Waals surface area contributed by atoms with E-state index in [9.17, 15) is 18.4 Å². The van der Waals surface area contributed by atoms with Crippen LogP contribution in [0.5, 0.6) is 11.5 Å². The molecule has 0 unspecified atom stereocenters. The van der Waals surface area contributed by atoms with E-state index in [4.69, 9.17) is 14.2 Å². The van der Waals surface area contributed by atoms with Gasteiger partial charge in [0.1, 0.15) is 5.60 Å². The smallest absolute Gasteiger partial charge is 0.408 e. The van der Waals surface area contributed by atoms with Crippen LogP contribution in [0.15, 0.2) is 29.8 Å². The van der Waals surface area contributed by atoms with E-state index in [0.717, 1.165) is 12.8 Å². The highest BCUT2D eigenvalue weighted by atomic mass is 19.3. The van der Waals surface area contributed by atoms with Gasteiger partial charge in [0.2, 0.25) is 6.41 Å². The molecule has 2 amide bonds. The fourth-order valence-corrected chi connectivity index (χ4v) is 3.77. The summed E-state index contributed by atoms with van der Waals surface area (Å²) in [6.07, 6.45) is 1.42. The van der Waals surface area contributed by atoms with Crippen LogP contribution in [0.25, 0.3) is 0 Å². The zero-order valence-corrected chi connectivity index (χ0v) is 21.5. The Labute approximate surface area is 210 Å². The first-order chi connectivity index (χ1) is 16.9. The first-order valence-electron chi connectivity index (χ1n) is 12.0. The van der Waals surface area contributed by atoms with Crippen molar-refractivity contribution in [2.45, 2.75) is 71.9 Å². The molecule has 0 aromatic heterocycles. The second kappa shape index (κ2) is 11.2. The standard InChI is InChI=1S/C25H35F2N3O6/c1-7-30(14-31)21-20(15(2)28-24(32)36-25(3,4)5)35-22(29(21)6)17-10-11-18(34-23(26)27)19(12-17)33-13-16-8-9-16/h10-12,14-16,22-23H,7-9,13H2,1-6H3,(H,28,32)/t15-,22-/m0/s1. The highest BCUT2D eigenvalue weighted by molar-refractivity contribution is 5.68. The van der Waals surface area contributed by atoms with E-state index in [2.05, 4.69) is 10.1 Å². The molecule has 3 rings (SSSR count). The molecular weight excluding hydrogens is 476 g/mol. The molecule has 1 aromatic carbocycles. The highest BCUT2D eigenvalue weighted by Crippen LogP contribution is 2.41. The summed E-state index contributed by atoms with van der Waals surface area (Å²) in [5.41, 5.74) is -0.0857. The number of amides is 2. The van der Waals surface area contributed by atoms with Gasteiger partial charge in [0.25, 0.3) is 0 Å². The molecule has 2 aliphatic rings. The maximum atomic E-state index is 12.9. The van der Waals surface area contributed by atoms with Crippen LogP contribution in [0.2, 0.25) is 0 Å². The lowest BCUT2D eigenvalue weighted by Crippen LogP contribution is -2.40. The van der Waals surface area contributed by atoms with Crippen molar-refractivity contribution in [1.29, 1.82) is 0 Å². The molecule has 0 saturated heterocycles. The Bertz CT molecular complexity index is 977. The van der Waals surface area contributed by atoms with Gasteiger partial charge in [-0.15, -0.1) is 0 Å². The number of alkyl carbamates (subject to hydrolysis) is 1. The van der Waals surface area contributed by atoms with Crippen molar-refractivity contribution in [3.63, 3.8) is 0 Å². The van der Waals surface area contributed by atoms with Crippen molar-refractivity contribution < 1.29 is 37.3 Å². The van der Waals surface area contributed by atoms with Crippen LogP contribution in [0.4, 0.5) is 13.6 Å². The average molecular weight is 512 g/mol. The Morgan fingerprint density at radius 1 is 1.31 bits per heavy atom. The molecule has 1 aliphatic heterocycles. The Morgan fingerprint density at radius 3 is 2.56 bits per heavy atom. The number of benzene rings is 1. The van der Waals surface area contributed by atoms with E-state index in [-0.39, 0.29) is 11.5 Å². The largest absolute Gasteiger partial charge is 0.489 e. The summed E-state index contributed by atoms with van der Waals surface area (Å²) in [6.45, 7) is 6.58. The van der Waals surface area contributed by atoms with Crippen LogP contribution in [0.1, 0.15) is 59.3 Å². The van der Waals surface area contributed by atoms with E-state index < -0.39 is 30.6 Å². The first kappa shape index (κ1) is 27.3. The average Bonchev–Trinajstić information content (AvgIpc) is 3.54. The number of nitrogens with one attached hydrogen (secondary N) is 1. The third-order valence-electron chi connectivity index (χ3n) is 5.65. The molecule has 0 spiro atoms. The SMILES string of the molecule is CCN(C=O)C1=C([C@H](C)NC(=O)OC(C)(C)C)O[C@@H](c2ccc(OC(F)F)c(OCC3CC3)c2)N1C. The van der Waals surface area contributed by atoms with Crippen LogP contribution in [-0.4, -0.2) is 60.8 Å². The third-order valence-corrected chi connectivity index (χ3v) is 5.65. The van der Waals surface area contributed by atoms with E-state index in [1.54, 1.807) is 51.8 Å². The normalized spacial score (nSPS) is 18.6. The predicted molar refractivity (Wildman–Crippen MR) is 127 cm³/mol. The number of ether oxygens (including phenoxy) is 4. The molecule has 2 atom stereocenters. The zero-order valence-electron chi connectivity index (χ0n) is 21.5. The van der Waals surface area contributed by atoms with Crippen molar-refractivity contribution in [3.8, 4) is 11.5 Å². The Balaban J connectivity index is 1.88. The molecule has 0 radical (unpaired) electrons. The van der Waals surface area contributed by atoms with E-state index in [1.165, 1.54) is 11.0 Å². The number of hydrogen-bond acceptors (Lipinski definition) is 7. The van der Waals surface area contributed by atoms with Crippen LogP contribution < -0.4 is 14.8 Å². The summed E-state index contributed by atoms with van der Waals surface area (Å²) in [5, 5.41) is 2.74. The topological polar surface area (TPSA) is 89.6 Å². The minimum absolute atomic E-state index is 0.0634. The zero-order chi connectivity index (χ0) is 26.6. The van der Waals surface area contributed by atoms with Crippen molar-refractivity contribution in [3.05, 3.63) is 35.3 Å². The van der Waals surface area contributed by atoms with E-state index >= 15 is 0 Å². The molecule has 1 fully saturated rings. The van der Waals surface area contributed by atoms with Crippen molar-refractivity contribution in [1.82, 2.24) is 15.1 Å². The first-order valence-corrected chi connectivity index (χ1v) is 12.0. The quantitative estimate of drug-likeness (QED) is 0.435. The fraction of sp³-hybridized carbons (Fsp3) is 0.600. The molecule has 9 nitrogen and oxygen atoms in total. The van der Waals surface area contributed by atoms with Gasteiger partial charge in [-0.05, 0) is 71.6 Å². The molecule has 1 aromatic rings. The molecule has 1 saturated carbocycles. The summed E-state index contributed by atoms with van der Waals surface area (Å²) in [6, 6.07) is 3.99. The summed E-state index contributed by atoms with van der Waals surface area (Å²) in [4.78, 5) is 27.4. The molecule has 1 heterocycles. The highest BCUT2D eigenvalue weighted by Gasteiger charge is 2.38. The number of rotatable bonds is 11. The van der Waals surface area contributed by atoms with E-state index in [0.29, 0.717) is 42.6 Å². The van der Waals surface area contributed by atoms with Gasteiger partial charge in [-0.1, -0.05) is 0 Å². The second-order valence-corrected chi connectivity index (χ2v) is 9.87. The van der Waals surface area contributed by atoms with Gasteiger partial charge < -0.3 is 29.2 Å². The van der Waals surface area contributed by atoms with Gasteiger partial charge in [-0.3, -0.25) is 9.69 Å². The van der Waals surface area contributed by atoms with Gasteiger partial charge in [0, 0.05) is 19.2 Å². The lowest BCUT2D eigenvalue weighted by molar-refractivity contribution is -0.117. The third kappa shape index (κ3) is 6.92. The number of carbonyl (C=O) groups is 2. The second-order valence-electron chi connectivity index (χ2n) is 9.87. The summed E-state index contributed by atoms with van der Waals surface area (Å²) >= 11 is 0. The molecule has 1 N–H and O–H groups in total. The number of alkyl halides is 2. The molecule has 11 heteroatoms. The van der Waals surface area contributed by atoms with Gasteiger partial charge in [0.15, 0.2) is 29.3 Å². The van der Waals surface area contributed by atoms with Crippen LogP contribution >= 0.6 is 0 Å². The fourth-order valence-electron chi connectivity index (χ4n) is 3.77. The van der Waals surface area contributed by atoms with Gasteiger partial charge >= 0.3 is 12.7 Å². The van der Waals surface area contributed by atoms with Crippen LogP contribution in [0, 0.1) is 5.92 Å². The minimum Gasteiger partial charge on any atom is -0.489 e. The summed E-state index contributed by atoms with van der Waals surface area (Å²) in [5.74, 6) is 1.36. The van der Waals surface area contributed by atoms with E-state index in [1.807, 2.05) is 6.92 Å². The van der Waals surface area contributed by atoms with Gasteiger partial charge in [-0.25, -0.2) is 4.79 Å². The monoisotopic (exact) mass is 511 g/mol. The lowest BCUT2D eigenvalue weighted by Gasteiger charge is -2.27.